The Balaban J connectivity index is 1.73. The summed E-state index contributed by atoms with van der Waals surface area (Å²) in [7, 11) is 0. The first-order chi connectivity index (χ1) is 20.5. The van der Waals surface area contributed by atoms with Gasteiger partial charge in [0, 0.05) is 18.2 Å². The highest BCUT2D eigenvalue weighted by Gasteiger charge is 2.29. The lowest BCUT2D eigenvalue weighted by atomic mass is 10.0. The van der Waals surface area contributed by atoms with E-state index in [2.05, 4.69) is 10.3 Å². The number of benzene rings is 2. The highest BCUT2D eigenvalue weighted by atomic mass is 19.1. The third kappa shape index (κ3) is 9.35. The first-order valence-corrected chi connectivity index (χ1v) is 13.7. The predicted molar refractivity (Wildman–Crippen MR) is 154 cm³/mol. The van der Waals surface area contributed by atoms with Crippen molar-refractivity contribution in [3.05, 3.63) is 89.0 Å². The maximum absolute atomic E-state index is 13.6. The number of pyridine rings is 1. The Kier molecular flexibility index (Phi) is 11.7. The zero-order valence-electron chi connectivity index (χ0n) is 24.7. The minimum absolute atomic E-state index is 0.0551. The molecule has 2 aromatic carbocycles. The van der Waals surface area contributed by atoms with Gasteiger partial charge in [0.05, 0.1) is 5.92 Å². The number of rotatable bonds is 14. The summed E-state index contributed by atoms with van der Waals surface area (Å²) in [6.07, 6.45) is 0.229. The molecular weight excluding hydrogens is 559 g/mol. The van der Waals surface area contributed by atoms with Gasteiger partial charge in [-0.25, -0.2) is 14.2 Å². The number of aldehydes is 1. The van der Waals surface area contributed by atoms with E-state index in [0.29, 0.717) is 23.2 Å². The van der Waals surface area contributed by atoms with Gasteiger partial charge in [0.2, 0.25) is 6.79 Å². The van der Waals surface area contributed by atoms with Gasteiger partial charge < -0.3 is 29.1 Å². The zero-order valence-corrected chi connectivity index (χ0v) is 24.7. The lowest BCUT2D eigenvalue weighted by molar-refractivity contribution is -0.155. The molecule has 1 N–H and O–H groups in total. The van der Waals surface area contributed by atoms with Gasteiger partial charge in [-0.1, -0.05) is 43.7 Å². The minimum atomic E-state index is -1.13. The average Bonchev–Trinajstić information content (AvgIpc) is 2.97. The molecule has 11 heteroatoms. The molecular formula is C32H35FN2O8. The van der Waals surface area contributed by atoms with Crippen molar-refractivity contribution in [2.75, 3.05) is 6.79 Å². The molecule has 2 unspecified atom stereocenters. The summed E-state index contributed by atoms with van der Waals surface area (Å²) in [6.45, 7) is 7.80. The number of ether oxygens (including phenoxy) is 4. The van der Waals surface area contributed by atoms with Gasteiger partial charge in [0.1, 0.15) is 30.0 Å². The molecule has 0 aliphatic carbocycles. The summed E-state index contributed by atoms with van der Waals surface area (Å²) >= 11 is 0. The Morgan fingerprint density at radius 2 is 1.63 bits per heavy atom. The summed E-state index contributed by atoms with van der Waals surface area (Å²) in [5, 5.41) is 2.53. The first kappa shape index (κ1) is 32.7. The molecule has 3 rings (SSSR count). The summed E-state index contributed by atoms with van der Waals surface area (Å²) in [4.78, 5) is 53.3. The fourth-order valence-corrected chi connectivity index (χ4v) is 3.90. The van der Waals surface area contributed by atoms with E-state index in [0.717, 1.165) is 5.56 Å². The van der Waals surface area contributed by atoms with Gasteiger partial charge >= 0.3 is 11.9 Å². The van der Waals surface area contributed by atoms with Crippen molar-refractivity contribution in [1.82, 2.24) is 10.3 Å². The summed E-state index contributed by atoms with van der Waals surface area (Å²) in [5.74, 6) is -2.40. The Morgan fingerprint density at radius 1 is 0.953 bits per heavy atom. The molecule has 1 amide bonds. The molecule has 3 atom stereocenters. The number of hydrogen-bond acceptors (Lipinski definition) is 9. The van der Waals surface area contributed by atoms with E-state index >= 15 is 0 Å². The molecule has 0 fully saturated rings. The standard InChI is InChI=1S/C32H35FN2O8/c1-19(2)31(38)41-18-40-29-24(15-17-36)14-16-34-27(29)30(37)35-21(4)32(39)42-22(5)28(23-8-10-25(33)11-9-23)43-26-12-6-20(3)7-13-26/h6-14,16-17,19,21-22,28H,15,18H2,1-5H3,(H,35,37)/t21-,22?,28?/m0/s1. The topological polar surface area (TPSA) is 130 Å². The van der Waals surface area contributed by atoms with Gasteiger partial charge in [0.25, 0.3) is 5.91 Å². The van der Waals surface area contributed by atoms with Crippen molar-refractivity contribution in [3.63, 3.8) is 0 Å². The molecule has 0 saturated heterocycles. The normalized spacial score (nSPS) is 12.9. The fraction of sp³-hybridized carbons (Fsp3) is 0.344. The molecule has 0 spiro atoms. The number of aromatic nitrogens is 1. The van der Waals surface area contributed by atoms with Crippen LogP contribution < -0.4 is 14.8 Å². The summed E-state index contributed by atoms with van der Waals surface area (Å²) in [6, 6.07) is 13.3. The van der Waals surface area contributed by atoms with Crippen LogP contribution in [0.25, 0.3) is 0 Å². The largest absolute Gasteiger partial charge is 0.482 e. The summed E-state index contributed by atoms with van der Waals surface area (Å²) in [5.41, 5.74) is 1.75. The van der Waals surface area contributed by atoms with Crippen molar-refractivity contribution >= 4 is 24.1 Å². The van der Waals surface area contributed by atoms with Crippen molar-refractivity contribution in [3.8, 4) is 11.5 Å². The number of carbonyl (C=O) groups excluding carboxylic acids is 4. The SMILES string of the molecule is Cc1ccc(OC(c2ccc(F)cc2)C(C)OC(=O)[C@H](C)NC(=O)c2nccc(CC=O)c2OCOC(=O)C(C)C)cc1. The van der Waals surface area contributed by atoms with E-state index < -0.39 is 54.6 Å². The van der Waals surface area contributed by atoms with Crippen LogP contribution in [0.2, 0.25) is 0 Å². The van der Waals surface area contributed by atoms with Gasteiger partial charge in [-0.05, 0) is 56.7 Å². The molecule has 0 bridgehead atoms. The van der Waals surface area contributed by atoms with Crippen LogP contribution in [-0.2, 0) is 30.3 Å². The van der Waals surface area contributed by atoms with E-state index in [-0.39, 0.29) is 17.9 Å². The van der Waals surface area contributed by atoms with E-state index in [1.807, 2.05) is 19.1 Å². The van der Waals surface area contributed by atoms with Crippen LogP contribution in [0.4, 0.5) is 4.39 Å². The minimum Gasteiger partial charge on any atom is -0.482 e. The quantitative estimate of drug-likeness (QED) is 0.161. The number of esters is 2. The third-order valence-corrected chi connectivity index (χ3v) is 6.29. The van der Waals surface area contributed by atoms with Crippen LogP contribution in [0.1, 0.15) is 61.0 Å². The second-order valence-corrected chi connectivity index (χ2v) is 10.1. The van der Waals surface area contributed by atoms with Crippen molar-refractivity contribution in [1.29, 1.82) is 0 Å². The Hall–Kier alpha value is -4.80. The van der Waals surface area contributed by atoms with E-state index in [4.69, 9.17) is 18.9 Å². The predicted octanol–water partition coefficient (Wildman–Crippen LogP) is 4.68. The molecule has 43 heavy (non-hydrogen) atoms. The molecule has 10 nitrogen and oxygen atoms in total. The molecule has 228 valence electrons. The third-order valence-electron chi connectivity index (χ3n) is 6.29. The van der Waals surface area contributed by atoms with Crippen LogP contribution in [0.5, 0.6) is 11.5 Å². The highest BCUT2D eigenvalue weighted by molar-refractivity contribution is 5.97. The van der Waals surface area contributed by atoms with Gasteiger partial charge in [-0.15, -0.1) is 0 Å². The van der Waals surface area contributed by atoms with Crippen LogP contribution >= 0.6 is 0 Å². The summed E-state index contributed by atoms with van der Waals surface area (Å²) < 4.78 is 36.0. The lowest BCUT2D eigenvalue weighted by Gasteiger charge is -2.27. The molecule has 1 heterocycles. The van der Waals surface area contributed by atoms with Crippen LogP contribution in [0, 0.1) is 18.7 Å². The molecule has 1 aromatic heterocycles. The lowest BCUT2D eigenvalue weighted by Crippen LogP contribution is -2.42. The number of nitrogens with zero attached hydrogens (tertiary/aromatic N) is 1. The van der Waals surface area contributed by atoms with Crippen LogP contribution in [0.15, 0.2) is 60.8 Å². The smallest absolute Gasteiger partial charge is 0.328 e. The van der Waals surface area contributed by atoms with Crippen molar-refractivity contribution in [2.24, 2.45) is 5.92 Å². The second-order valence-electron chi connectivity index (χ2n) is 10.1. The van der Waals surface area contributed by atoms with Gasteiger partial charge in [0.15, 0.2) is 17.5 Å². The Bertz CT molecular complexity index is 1410. The van der Waals surface area contributed by atoms with E-state index in [1.54, 1.807) is 45.0 Å². The molecule has 0 aliphatic heterocycles. The maximum Gasteiger partial charge on any atom is 0.328 e. The van der Waals surface area contributed by atoms with E-state index in [9.17, 15) is 23.6 Å². The monoisotopic (exact) mass is 594 g/mol. The Labute approximate surface area is 249 Å². The number of nitrogens with one attached hydrogen (secondary N) is 1. The number of amides is 1. The average molecular weight is 595 g/mol. The second kappa shape index (κ2) is 15.4. The number of carbonyl (C=O) groups is 4. The highest BCUT2D eigenvalue weighted by Crippen LogP contribution is 2.28. The molecule has 3 aromatic rings. The van der Waals surface area contributed by atoms with Gasteiger partial charge in [-0.3, -0.25) is 9.59 Å². The van der Waals surface area contributed by atoms with E-state index in [1.165, 1.54) is 31.3 Å². The molecule has 0 saturated carbocycles. The number of halogens is 1. The number of hydrogen-bond donors (Lipinski definition) is 1. The fourth-order valence-electron chi connectivity index (χ4n) is 3.90. The first-order valence-electron chi connectivity index (χ1n) is 13.7. The Morgan fingerprint density at radius 3 is 2.26 bits per heavy atom. The molecule has 0 radical (unpaired) electrons. The van der Waals surface area contributed by atoms with Crippen LogP contribution in [0.3, 0.4) is 0 Å². The van der Waals surface area contributed by atoms with Crippen molar-refractivity contribution in [2.45, 2.75) is 59.3 Å². The van der Waals surface area contributed by atoms with Gasteiger partial charge in [-0.2, -0.15) is 0 Å². The number of aryl methyl sites for hydroxylation is 1. The molecule has 0 aliphatic rings. The zero-order chi connectivity index (χ0) is 31.5. The van der Waals surface area contributed by atoms with Crippen molar-refractivity contribution < 1.29 is 42.5 Å². The maximum atomic E-state index is 13.6. The van der Waals surface area contributed by atoms with Crippen LogP contribution in [-0.4, -0.2) is 48.1 Å².